The molecular weight excluding hydrogens is 326 g/mol. The molecule has 5 heteroatoms. The smallest absolute Gasteiger partial charge is 0.410 e. The van der Waals surface area contributed by atoms with Gasteiger partial charge < -0.3 is 15.0 Å². The number of carbonyl (C=O) groups is 1. The average molecular weight is 353 g/mol. The van der Waals surface area contributed by atoms with Gasteiger partial charge in [-0.2, -0.15) is 0 Å². The topological polar surface area (TPSA) is 44.8 Å². The van der Waals surface area contributed by atoms with E-state index in [-0.39, 0.29) is 6.04 Å². The van der Waals surface area contributed by atoms with Crippen molar-refractivity contribution in [3.8, 4) is 5.75 Å². The Morgan fingerprint density at radius 1 is 1.00 bits per heavy atom. The van der Waals surface area contributed by atoms with Crippen molar-refractivity contribution >= 4 is 6.09 Å². The second-order valence-electron chi connectivity index (χ2n) is 6.77. The molecule has 2 aromatic carbocycles. The van der Waals surface area contributed by atoms with Gasteiger partial charge >= 0.3 is 6.09 Å². The van der Waals surface area contributed by atoms with E-state index in [4.69, 9.17) is 4.74 Å². The molecule has 0 bridgehead atoms. The van der Waals surface area contributed by atoms with Crippen molar-refractivity contribution in [3.63, 3.8) is 0 Å². The number of benzene rings is 2. The Kier molecular flexibility index (Phi) is 6.63. The maximum atomic E-state index is 12.1. The lowest BCUT2D eigenvalue weighted by Gasteiger charge is -2.38. The van der Waals surface area contributed by atoms with E-state index in [9.17, 15) is 4.79 Å². The van der Waals surface area contributed by atoms with E-state index in [0.717, 1.165) is 32.6 Å². The molecule has 1 atom stereocenters. The van der Waals surface area contributed by atoms with Crippen LogP contribution >= 0.6 is 0 Å². The molecule has 3 rings (SSSR count). The number of nitrogens with zero attached hydrogens (tertiary/aromatic N) is 2. The summed E-state index contributed by atoms with van der Waals surface area (Å²) < 4.78 is 5.34. The highest BCUT2D eigenvalue weighted by atomic mass is 16.6. The van der Waals surface area contributed by atoms with Crippen LogP contribution in [0.1, 0.15) is 5.56 Å². The zero-order valence-corrected chi connectivity index (χ0v) is 15.3. The molecule has 5 nitrogen and oxygen atoms in total. The second-order valence-corrected chi connectivity index (χ2v) is 6.77. The van der Waals surface area contributed by atoms with Crippen LogP contribution in [0.5, 0.6) is 5.75 Å². The summed E-state index contributed by atoms with van der Waals surface area (Å²) in [5.41, 5.74) is 1.29. The van der Waals surface area contributed by atoms with E-state index in [0.29, 0.717) is 12.3 Å². The third-order valence-electron chi connectivity index (χ3n) is 4.80. The summed E-state index contributed by atoms with van der Waals surface area (Å²) in [6, 6.07) is 19.9. The molecule has 1 N–H and O–H groups in total. The first-order chi connectivity index (χ1) is 12.7. The molecule has 138 valence electrons. The summed E-state index contributed by atoms with van der Waals surface area (Å²) in [5, 5.41) is 2.94. The van der Waals surface area contributed by atoms with Crippen LogP contribution in [0.4, 0.5) is 4.79 Å². The van der Waals surface area contributed by atoms with Gasteiger partial charge in [-0.05, 0) is 31.2 Å². The SMILES string of the molecule is CN1CCN(C(CNC(=O)Oc2ccccc2)Cc2ccccc2)CC1. The van der Waals surface area contributed by atoms with Gasteiger partial charge in [0.1, 0.15) is 5.75 Å². The fraction of sp³-hybridized carbons (Fsp3) is 0.381. The Morgan fingerprint density at radius 3 is 2.27 bits per heavy atom. The van der Waals surface area contributed by atoms with E-state index in [1.807, 2.05) is 24.3 Å². The normalized spacial score (nSPS) is 16.8. The van der Waals surface area contributed by atoms with Gasteiger partial charge in [0.2, 0.25) is 0 Å². The van der Waals surface area contributed by atoms with Crippen molar-refractivity contribution in [2.24, 2.45) is 0 Å². The summed E-state index contributed by atoms with van der Waals surface area (Å²) in [7, 11) is 2.15. The fourth-order valence-electron chi connectivity index (χ4n) is 3.24. The maximum absolute atomic E-state index is 12.1. The number of nitrogens with one attached hydrogen (secondary N) is 1. The van der Waals surface area contributed by atoms with Gasteiger partial charge in [-0.3, -0.25) is 4.90 Å². The quantitative estimate of drug-likeness (QED) is 0.867. The van der Waals surface area contributed by atoms with Crippen molar-refractivity contribution in [1.29, 1.82) is 0 Å². The Balaban J connectivity index is 1.58. The Hall–Kier alpha value is -2.37. The summed E-state index contributed by atoms with van der Waals surface area (Å²) in [5.74, 6) is 0.559. The van der Waals surface area contributed by atoms with E-state index < -0.39 is 6.09 Å². The van der Waals surface area contributed by atoms with Crippen LogP contribution in [0.15, 0.2) is 60.7 Å². The van der Waals surface area contributed by atoms with Crippen LogP contribution in [-0.2, 0) is 6.42 Å². The van der Waals surface area contributed by atoms with Gasteiger partial charge in [0.25, 0.3) is 0 Å². The number of para-hydroxylation sites is 1. The molecule has 1 fully saturated rings. The number of piperazine rings is 1. The molecule has 1 amide bonds. The molecule has 0 aliphatic carbocycles. The lowest BCUT2D eigenvalue weighted by molar-refractivity contribution is 0.109. The highest BCUT2D eigenvalue weighted by molar-refractivity contribution is 5.70. The molecule has 0 aromatic heterocycles. The largest absolute Gasteiger partial charge is 0.412 e. The summed E-state index contributed by atoms with van der Waals surface area (Å²) in [6.45, 7) is 4.72. The lowest BCUT2D eigenvalue weighted by atomic mass is 10.0. The van der Waals surface area contributed by atoms with Crippen molar-refractivity contribution in [2.75, 3.05) is 39.8 Å². The first kappa shape index (κ1) is 18.4. The van der Waals surface area contributed by atoms with E-state index in [1.54, 1.807) is 12.1 Å². The van der Waals surface area contributed by atoms with Crippen molar-refractivity contribution in [2.45, 2.75) is 12.5 Å². The van der Waals surface area contributed by atoms with Gasteiger partial charge in [0.05, 0.1) is 0 Å². The minimum absolute atomic E-state index is 0.259. The summed E-state index contributed by atoms with van der Waals surface area (Å²) in [6.07, 6.45) is 0.513. The number of carbonyl (C=O) groups excluding carboxylic acids is 1. The maximum Gasteiger partial charge on any atom is 0.412 e. The molecule has 0 spiro atoms. The third kappa shape index (κ3) is 5.58. The number of hydrogen-bond acceptors (Lipinski definition) is 4. The van der Waals surface area contributed by atoms with Crippen LogP contribution in [0, 0.1) is 0 Å². The number of hydrogen-bond donors (Lipinski definition) is 1. The zero-order valence-electron chi connectivity index (χ0n) is 15.3. The first-order valence-electron chi connectivity index (χ1n) is 9.18. The Bertz CT molecular complexity index is 670. The number of rotatable bonds is 6. The number of ether oxygens (including phenoxy) is 1. The van der Waals surface area contributed by atoms with Crippen molar-refractivity contribution < 1.29 is 9.53 Å². The first-order valence-corrected chi connectivity index (χ1v) is 9.18. The number of likely N-dealkylation sites (N-methyl/N-ethyl adjacent to an activating group) is 1. The van der Waals surface area contributed by atoms with E-state index in [1.165, 1.54) is 5.56 Å². The Morgan fingerprint density at radius 2 is 1.62 bits per heavy atom. The molecule has 1 aliphatic rings. The van der Waals surface area contributed by atoms with Gasteiger partial charge in [-0.25, -0.2) is 4.79 Å². The molecule has 0 saturated carbocycles. The van der Waals surface area contributed by atoms with Crippen molar-refractivity contribution in [3.05, 3.63) is 66.2 Å². The summed E-state index contributed by atoms with van der Waals surface area (Å²) >= 11 is 0. The van der Waals surface area contributed by atoms with Gasteiger partial charge in [-0.15, -0.1) is 0 Å². The van der Waals surface area contributed by atoms with E-state index in [2.05, 4.69) is 46.4 Å². The minimum atomic E-state index is -0.400. The Labute approximate surface area is 155 Å². The fourth-order valence-corrected chi connectivity index (χ4v) is 3.24. The molecule has 26 heavy (non-hydrogen) atoms. The molecule has 1 heterocycles. The standard InChI is InChI=1S/C21H27N3O2/c1-23-12-14-24(15-13-23)19(16-18-8-4-2-5-9-18)17-22-21(25)26-20-10-6-3-7-11-20/h2-11,19H,12-17H2,1H3,(H,22,25). The molecule has 2 aromatic rings. The highest BCUT2D eigenvalue weighted by Crippen LogP contribution is 2.12. The predicted octanol–water partition coefficient (Wildman–Crippen LogP) is 2.63. The average Bonchev–Trinajstić information content (AvgIpc) is 2.67. The van der Waals surface area contributed by atoms with Gasteiger partial charge in [0.15, 0.2) is 0 Å². The lowest BCUT2D eigenvalue weighted by Crippen LogP contribution is -2.53. The zero-order chi connectivity index (χ0) is 18.2. The van der Waals surface area contributed by atoms with Crippen LogP contribution in [0.3, 0.4) is 0 Å². The predicted molar refractivity (Wildman–Crippen MR) is 103 cm³/mol. The van der Waals surface area contributed by atoms with Crippen LogP contribution in [-0.4, -0.2) is 61.7 Å². The highest BCUT2D eigenvalue weighted by Gasteiger charge is 2.23. The van der Waals surface area contributed by atoms with E-state index >= 15 is 0 Å². The van der Waals surface area contributed by atoms with Gasteiger partial charge in [0, 0.05) is 38.8 Å². The van der Waals surface area contributed by atoms with Crippen LogP contribution in [0.2, 0.25) is 0 Å². The minimum Gasteiger partial charge on any atom is -0.410 e. The third-order valence-corrected chi connectivity index (χ3v) is 4.80. The van der Waals surface area contributed by atoms with Crippen LogP contribution in [0.25, 0.3) is 0 Å². The monoisotopic (exact) mass is 353 g/mol. The number of amides is 1. The van der Waals surface area contributed by atoms with Crippen molar-refractivity contribution in [1.82, 2.24) is 15.1 Å². The molecular formula is C21H27N3O2. The van der Waals surface area contributed by atoms with Gasteiger partial charge in [-0.1, -0.05) is 48.5 Å². The molecule has 0 radical (unpaired) electrons. The molecule has 1 aliphatic heterocycles. The van der Waals surface area contributed by atoms with Crippen LogP contribution < -0.4 is 10.1 Å². The second kappa shape index (κ2) is 9.36. The summed E-state index contributed by atoms with van der Waals surface area (Å²) in [4.78, 5) is 17.0. The molecule has 1 unspecified atom stereocenters. The molecule has 1 saturated heterocycles.